The molecule has 25 heavy (non-hydrogen) atoms. The van der Waals surface area contributed by atoms with Crippen LogP contribution >= 0.6 is 0 Å². The van der Waals surface area contributed by atoms with Gasteiger partial charge in [-0.15, -0.1) is 0 Å². The quantitative estimate of drug-likeness (QED) is 0.787. The Hall–Kier alpha value is -2.37. The Kier molecular flexibility index (Phi) is 6.42. The molecule has 0 aromatic heterocycles. The summed E-state index contributed by atoms with van der Waals surface area (Å²) >= 11 is 0. The predicted molar refractivity (Wildman–Crippen MR) is 95.9 cm³/mol. The first kappa shape index (κ1) is 17.5. The number of ether oxygens (including phenoxy) is 2. The zero-order valence-electron chi connectivity index (χ0n) is 14.4. The van der Waals surface area contributed by atoms with E-state index in [-0.39, 0.29) is 5.91 Å². The lowest BCUT2D eigenvalue weighted by Gasteiger charge is -2.23. The molecular weight excluding hydrogens is 316 g/mol. The molecule has 1 amide bonds. The first-order valence-electron chi connectivity index (χ1n) is 8.78. The van der Waals surface area contributed by atoms with Gasteiger partial charge < -0.3 is 19.7 Å². The molecule has 2 aromatic rings. The van der Waals surface area contributed by atoms with E-state index in [0.717, 1.165) is 38.4 Å². The Morgan fingerprint density at radius 1 is 1.04 bits per heavy atom. The fourth-order valence-corrected chi connectivity index (χ4v) is 2.87. The molecular formula is C20H25N2O3+. The van der Waals surface area contributed by atoms with Crippen molar-refractivity contribution >= 4 is 5.91 Å². The van der Waals surface area contributed by atoms with Crippen molar-refractivity contribution in [3.63, 3.8) is 0 Å². The molecule has 3 rings (SSSR count). The molecule has 132 valence electrons. The highest BCUT2D eigenvalue weighted by molar-refractivity contribution is 5.96. The number of carbonyl (C=O) groups excluding carboxylic acids is 1. The third kappa shape index (κ3) is 5.31. The van der Waals surface area contributed by atoms with Gasteiger partial charge in [0.1, 0.15) is 25.4 Å². The SMILES string of the molecule is O=C(NCC[NH+]1CCOCC1)c1ccccc1OCc1ccccc1. The summed E-state index contributed by atoms with van der Waals surface area (Å²) in [5, 5.41) is 3.00. The largest absolute Gasteiger partial charge is 0.488 e. The molecule has 1 saturated heterocycles. The Morgan fingerprint density at radius 2 is 1.76 bits per heavy atom. The van der Waals surface area contributed by atoms with Gasteiger partial charge in [0.2, 0.25) is 0 Å². The molecule has 0 saturated carbocycles. The lowest BCUT2D eigenvalue weighted by molar-refractivity contribution is -0.906. The topological polar surface area (TPSA) is 52.0 Å². The van der Waals surface area contributed by atoms with Crippen LogP contribution < -0.4 is 15.0 Å². The van der Waals surface area contributed by atoms with Crippen LogP contribution in [0.15, 0.2) is 54.6 Å². The van der Waals surface area contributed by atoms with E-state index in [9.17, 15) is 4.79 Å². The molecule has 2 N–H and O–H groups in total. The number of morpholine rings is 1. The number of para-hydroxylation sites is 1. The lowest BCUT2D eigenvalue weighted by atomic mass is 10.2. The zero-order chi connectivity index (χ0) is 17.3. The van der Waals surface area contributed by atoms with Crippen LogP contribution in [-0.2, 0) is 11.3 Å². The third-order valence-electron chi connectivity index (χ3n) is 4.33. The van der Waals surface area contributed by atoms with Crippen LogP contribution in [0.25, 0.3) is 0 Å². The summed E-state index contributed by atoms with van der Waals surface area (Å²) in [6, 6.07) is 17.3. The van der Waals surface area contributed by atoms with E-state index in [1.165, 1.54) is 4.90 Å². The number of hydrogen-bond acceptors (Lipinski definition) is 3. The molecule has 2 aromatic carbocycles. The number of benzene rings is 2. The molecule has 0 aliphatic carbocycles. The molecule has 1 heterocycles. The van der Waals surface area contributed by atoms with E-state index in [0.29, 0.717) is 24.5 Å². The van der Waals surface area contributed by atoms with E-state index in [1.54, 1.807) is 6.07 Å². The summed E-state index contributed by atoms with van der Waals surface area (Å²) in [5.41, 5.74) is 1.66. The number of quaternary nitrogens is 1. The summed E-state index contributed by atoms with van der Waals surface area (Å²) < 4.78 is 11.2. The summed E-state index contributed by atoms with van der Waals surface area (Å²) in [4.78, 5) is 14.0. The Labute approximate surface area is 148 Å². The monoisotopic (exact) mass is 341 g/mol. The molecule has 5 nitrogen and oxygen atoms in total. The second-order valence-corrected chi connectivity index (χ2v) is 6.14. The molecule has 0 atom stereocenters. The van der Waals surface area contributed by atoms with E-state index in [4.69, 9.17) is 9.47 Å². The Balaban J connectivity index is 1.53. The third-order valence-corrected chi connectivity index (χ3v) is 4.33. The Bertz CT molecular complexity index is 670. The average molecular weight is 341 g/mol. The molecule has 1 aliphatic heterocycles. The van der Waals surface area contributed by atoms with E-state index in [1.807, 2.05) is 48.5 Å². The predicted octanol–water partition coefficient (Wildman–Crippen LogP) is 0.911. The highest BCUT2D eigenvalue weighted by Crippen LogP contribution is 2.19. The van der Waals surface area contributed by atoms with Gasteiger partial charge in [0.25, 0.3) is 5.91 Å². The molecule has 1 fully saturated rings. The smallest absolute Gasteiger partial charge is 0.255 e. The fraction of sp³-hybridized carbons (Fsp3) is 0.350. The molecule has 1 aliphatic rings. The van der Waals surface area contributed by atoms with Crippen LogP contribution in [0, 0.1) is 0 Å². The summed E-state index contributed by atoms with van der Waals surface area (Å²) in [7, 11) is 0. The minimum absolute atomic E-state index is 0.0867. The maximum Gasteiger partial charge on any atom is 0.255 e. The van der Waals surface area contributed by atoms with Gasteiger partial charge in [-0.25, -0.2) is 0 Å². The van der Waals surface area contributed by atoms with Gasteiger partial charge in [-0.1, -0.05) is 42.5 Å². The fourth-order valence-electron chi connectivity index (χ4n) is 2.87. The van der Waals surface area contributed by atoms with Gasteiger partial charge in [-0.05, 0) is 17.7 Å². The molecule has 5 heteroatoms. The van der Waals surface area contributed by atoms with Crippen molar-refractivity contribution in [1.29, 1.82) is 0 Å². The van der Waals surface area contributed by atoms with Gasteiger partial charge in [0, 0.05) is 0 Å². The van der Waals surface area contributed by atoms with Crippen molar-refractivity contribution < 1.29 is 19.2 Å². The van der Waals surface area contributed by atoms with Crippen LogP contribution in [0.2, 0.25) is 0 Å². The number of carbonyl (C=O) groups is 1. The summed E-state index contributed by atoms with van der Waals surface area (Å²) in [5.74, 6) is 0.527. The standard InChI is InChI=1S/C20H24N2O3/c23-20(21-10-11-22-12-14-24-15-13-22)18-8-4-5-9-19(18)25-16-17-6-2-1-3-7-17/h1-9H,10-16H2,(H,21,23)/p+1. The number of hydrogen-bond donors (Lipinski definition) is 2. The average Bonchev–Trinajstić information content (AvgIpc) is 2.68. The van der Waals surface area contributed by atoms with Crippen LogP contribution in [0.4, 0.5) is 0 Å². The van der Waals surface area contributed by atoms with Crippen molar-refractivity contribution in [1.82, 2.24) is 5.32 Å². The first-order valence-corrected chi connectivity index (χ1v) is 8.78. The van der Waals surface area contributed by atoms with Gasteiger partial charge in [-0.2, -0.15) is 0 Å². The zero-order valence-corrected chi connectivity index (χ0v) is 14.4. The van der Waals surface area contributed by atoms with Crippen molar-refractivity contribution in [3.8, 4) is 5.75 Å². The van der Waals surface area contributed by atoms with E-state index >= 15 is 0 Å². The number of rotatable bonds is 7. The maximum atomic E-state index is 12.5. The van der Waals surface area contributed by atoms with Crippen molar-refractivity contribution in [2.24, 2.45) is 0 Å². The van der Waals surface area contributed by atoms with Crippen LogP contribution in [0.1, 0.15) is 15.9 Å². The van der Waals surface area contributed by atoms with E-state index < -0.39 is 0 Å². The highest BCUT2D eigenvalue weighted by Gasteiger charge is 2.15. The van der Waals surface area contributed by atoms with Crippen molar-refractivity contribution in [2.45, 2.75) is 6.61 Å². The molecule has 0 unspecified atom stereocenters. The van der Waals surface area contributed by atoms with Crippen molar-refractivity contribution in [3.05, 3.63) is 65.7 Å². The van der Waals surface area contributed by atoms with Gasteiger partial charge in [0.05, 0.1) is 31.9 Å². The molecule has 0 radical (unpaired) electrons. The van der Waals surface area contributed by atoms with Crippen molar-refractivity contribution in [2.75, 3.05) is 39.4 Å². The number of nitrogens with one attached hydrogen (secondary N) is 2. The summed E-state index contributed by atoms with van der Waals surface area (Å²) in [6.07, 6.45) is 0. The lowest BCUT2D eigenvalue weighted by Crippen LogP contribution is -3.14. The first-order chi connectivity index (χ1) is 12.3. The Morgan fingerprint density at radius 3 is 2.56 bits per heavy atom. The van der Waals surface area contributed by atoms with Crippen LogP contribution in [0.5, 0.6) is 5.75 Å². The maximum absolute atomic E-state index is 12.5. The molecule has 0 bridgehead atoms. The second kappa shape index (κ2) is 9.20. The highest BCUT2D eigenvalue weighted by atomic mass is 16.5. The minimum atomic E-state index is -0.0867. The normalized spacial score (nSPS) is 14.9. The second-order valence-electron chi connectivity index (χ2n) is 6.14. The van der Waals surface area contributed by atoms with Gasteiger partial charge >= 0.3 is 0 Å². The summed E-state index contributed by atoms with van der Waals surface area (Å²) in [6.45, 7) is 5.64. The van der Waals surface area contributed by atoms with Gasteiger partial charge in [0.15, 0.2) is 0 Å². The number of amides is 1. The van der Waals surface area contributed by atoms with Crippen LogP contribution in [0.3, 0.4) is 0 Å². The molecule has 0 spiro atoms. The minimum Gasteiger partial charge on any atom is -0.488 e. The van der Waals surface area contributed by atoms with Crippen LogP contribution in [-0.4, -0.2) is 45.3 Å². The van der Waals surface area contributed by atoms with E-state index in [2.05, 4.69) is 5.32 Å². The van der Waals surface area contributed by atoms with Gasteiger partial charge in [-0.3, -0.25) is 4.79 Å².